The summed E-state index contributed by atoms with van der Waals surface area (Å²) >= 11 is 0. The van der Waals surface area contributed by atoms with Gasteiger partial charge in [0.05, 0.1) is 5.69 Å². The highest BCUT2D eigenvalue weighted by molar-refractivity contribution is 6.45. The van der Waals surface area contributed by atoms with E-state index in [-0.39, 0.29) is 5.69 Å². The number of hydrogen-bond donors (Lipinski definition) is 4. The largest absolute Gasteiger partial charge is 0.478 e. The lowest BCUT2D eigenvalue weighted by Gasteiger charge is -2.06. The fourth-order valence-corrected chi connectivity index (χ4v) is 1.10. The Morgan fingerprint density at radius 2 is 2.28 bits per heavy atom. The van der Waals surface area contributed by atoms with Crippen LogP contribution in [0.4, 0.5) is 10.1 Å². The van der Waals surface area contributed by atoms with E-state index in [1.807, 2.05) is 0 Å². The third-order valence-electron chi connectivity index (χ3n) is 1.88. The molecule has 18 heavy (non-hydrogen) atoms. The monoisotopic (exact) mass is 249 g/mol. The van der Waals surface area contributed by atoms with Crippen LogP contribution in [0.15, 0.2) is 23.3 Å². The standard InChI is InChI=1S/C10H8FN5O2/c11-5-2-1-3-6(8(5)10(17)18)15-16-7(4-12)9(13)14/h1-3,15H,(H3,13,14)(H,17,18)/b16-7+. The Morgan fingerprint density at radius 3 is 2.78 bits per heavy atom. The summed E-state index contributed by atoms with van der Waals surface area (Å²) in [5, 5.41) is 27.8. The van der Waals surface area contributed by atoms with Crippen molar-refractivity contribution in [1.82, 2.24) is 0 Å². The number of halogens is 1. The van der Waals surface area contributed by atoms with Crippen LogP contribution in [0.1, 0.15) is 10.4 Å². The summed E-state index contributed by atoms with van der Waals surface area (Å²) in [6.07, 6.45) is 0. The Morgan fingerprint density at radius 1 is 1.61 bits per heavy atom. The molecule has 0 heterocycles. The number of amidine groups is 1. The number of aromatic carboxylic acids is 1. The number of nitriles is 1. The summed E-state index contributed by atoms with van der Waals surface area (Å²) < 4.78 is 13.3. The van der Waals surface area contributed by atoms with E-state index in [9.17, 15) is 9.18 Å². The Hall–Kier alpha value is -2.95. The second kappa shape index (κ2) is 5.40. The van der Waals surface area contributed by atoms with E-state index in [0.29, 0.717) is 0 Å². The number of nitrogens with two attached hydrogens (primary N) is 1. The number of benzene rings is 1. The summed E-state index contributed by atoms with van der Waals surface area (Å²) in [6.45, 7) is 0. The number of rotatable bonds is 4. The molecule has 0 fully saturated rings. The van der Waals surface area contributed by atoms with Crippen molar-refractivity contribution in [1.29, 1.82) is 10.7 Å². The van der Waals surface area contributed by atoms with Crippen LogP contribution in [-0.4, -0.2) is 22.6 Å². The van der Waals surface area contributed by atoms with Crippen molar-refractivity contribution in [2.75, 3.05) is 5.43 Å². The van der Waals surface area contributed by atoms with E-state index >= 15 is 0 Å². The Balaban J connectivity index is 3.14. The number of nitrogens with one attached hydrogen (secondary N) is 2. The van der Waals surface area contributed by atoms with Gasteiger partial charge in [0.15, 0.2) is 5.84 Å². The molecule has 0 bridgehead atoms. The van der Waals surface area contributed by atoms with E-state index in [1.165, 1.54) is 18.2 Å². The molecule has 1 aromatic carbocycles. The molecule has 8 heteroatoms. The van der Waals surface area contributed by atoms with Gasteiger partial charge in [-0.3, -0.25) is 10.8 Å². The Kier molecular flexibility index (Phi) is 3.93. The van der Waals surface area contributed by atoms with Crippen LogP contribution < -0.4 is 11.2 Å². The molecule has 0 amide bonds. The van der Waals surface area contributed by atoms with Gasteiger partial charge in [-0.15, -0.1) is 0 Å². The molecule has 1 rings (SSSR count). The summed E-state index contributed by atoms with van der Waals surface area (Å²) in [5.41, 5.74) is 6.04. The van der Waals surface area contributed by atoms with Crippen LogP contribution in [0.5, 0.6) is 0 Å². The zero-order valence-electron chi connectivity index (χ0n) is 8.94. The van der Waals surface area contributed by atoms with Gasteiger partial charge in [-0.25, -0.2) is 9.18 Å². The second-order valence-electron chi connectivity index (χ2n) is 3.07. The molecular weight excluding hydrogens is 241 g/mol. The van der Waals surface area contributed by atoms with E-state index < -0.39 is 28.9 Å². The lowest BCUT2D eigenvalue weighted by molar-refractivity contribution is 0.0693. The van der Waals surface area contributed by atoms with Gasteiger partial charge in [0, 0.05) is 0 Å². The Bertz CT molecular complexity index is 576. The molecular formula is C10H8FN5O2. The third kappa shape index (κ3) is 2.79. The van der Waals surface area contributed by atoms with Crippen LogP contribution in [0.3, 0.4) is 0 Å². The Labute approximate surface area is 101 Å². The minimum absolute atomic E-state index is 0.142. The van der Waals surface area contributed by atoms with Gasteiger partial charge in [-0.2, -0.15) is 10.4 Å². The molecule has 92 valence electrons. The molecule has 5 N–H and O–H groups in total. The average molecular weight is 249 g/mol. The minimum Gasteiger partial charge on any atom is -0.478 e. The van der Waals surface area contributed by atoms with Crippen LogP contribution in [0.2, 0.25) is 0 Å². The molecule has 0 spiro atoms. The maximum Gasteiger partial charge on any atom is 0.340 e. The molecule has 0 unspecified atom stereocenters. The van der Waals surface area contributed by atoms with Gasteiger partial charge in [0.2, 0.25) is 5.71 Å². The van der Waals surface area contributed by atoms with Crippen molar-refractivity contribution in [3.05, 3.63) is 29.6 Å². The van der Waals surface area contributed by atoms with Gasteiger partial charge in [0.1, 0.15) is 17.4 Å². The quantitative estimate of drug-likeness (QED) is 0.354. The van der Waals surface area contributed by atoms with Crippen LogP contribution in [0, 0.1) is 22.6 Å². The zero-order valence-corrected chi connectivity index (χ0v) is 8.94. The number of hydrogen-bond acceptors (Lipinski definition) is 5. The van der Waals surface area contributed by atoms with Gasteiger partial charge in [-0.1, -0.05) is 6.07 Å². The number of anilines is 1. The first kappa shape index (κ1) is 13.1. The van der Waals surface area contributed by atoms with Crippen molar-refractivity contribution in [3.8, 4) is 6.07 Å². The van der Waals surface area contributed by atoms with Gasteiger partial charge in [-0.05, 0) is 12.1 Å². The molecule has 1 aromatic rings. The lowest BCUT2D eigenvalue weighted by atomic mass is 10.2. The maximum atomic E-state index is 13.3. The van der Waals surface area contributed by atoms with Crippen molar-refractivity contribution in [2.45, 2.75) is 0 Å². The topological polar surface area (TPSA) is 135 Å². The van der Waals surface area contributed by atoms with Gasteiger partial charge in [0.25, 0.3) is 0 Å². The molecule has 0 aromatic heterocycles. The first-order chi connectivity index (χ1) is 8.47. The summed E-state index contributed by atoms with van der Waals surface area (Å²) in [6, 6.07) is 5.06. The molecule has 0 saturated heterocycles. The van der Waals surface area contributed by atoms with Crippen LogP contribution in [0.25, 0.3) is 0 Å². The summed E-state index contributed by atoms with van der Waals surface area (Å²) in [5.74, 6) is -3.01. The number of carbonyl (C=O) groups is 1. The predicted molar refractivity (Wildman–Crippen MR) is 61.9 cm³/mol. The van der Waals surface area contributed by atoms with E-state index in [4.69, 9.17) is 21.5 Å². The lowest BCUT2D eigenvalue weighted by Crippen LogP contribution is -2.22. The van der Waals surface area contributed by atoms with Crippen molar-refractivity contribution < 1.29 is 14.3 Å². The average Bonchev–Trinajstić information content (AvgIpc) is 2.28. The highest BCUT2D eigenvalue weighted by Gasteiger charge is 2.15. The fraction of sp³-hybridized carbons (Fsp3) is 0. The highest BCUT2D eigenvalue weighted by atomic mass is 19.1. The first-order valence-corrected chi connectivity index (χ1v) is 4.57. The molecule has 0 saturated carbocycles. The van der Waals surface area contributed by atoms with Gasteiger partial charge < -0.3 is 10.8 Å². The smallest absolute Gasteiger partial charge is 0.340 e. The molecule has 0 atom stereocenters. The normalized spacial score (nSPS) is 10.6. The maximum absolute atomic E-state index is 13.3. The third-order valence-corrected chi connectivity index (χ3v) is 1.88. The summed E-state index contributed by atoms with van der Waals surface area (Å²) in [7, 11) is 0. The molecule has 0 aliphatic carbocycles. The minimum atomic E-state index is -1.48. The predicted octanol–water partition coefficient (Wildman–Crippen LogP) is 0.751. The molecule has 0 radical (unpaired) electrons. The molecule has 7 nitrogen and oxygen atoms in total. The number of hydrazone groups is 1. The van der Waals surface area contributed by atoms with Crippen molar-refractivity contribution in [2.24, 2.45) is 10.8 Å². The number of nitrogens with zero attached hydrogens (tertiary/aromatic N) is 2. The second-order valence-corrected chi connectivity index (χ2v) is 3.07. The van der Waals surface area contributed by atoms with Crippen LogP contribution >= 0.6 is 0 Å². The van der Waals surface area contributed by atoms with E-state index in [1.54, 1.807) is 0 Å². The van der Waals surface area contributed by atoms with Crippen molar-refractivity contribution in [3.63, 3.8) is 0 Å². The SMILES string of the molecule is N#C/C(=N\Nc1cccc(F)c1C(=O)O)C(=N)N. The molecule has 0 aliphatic rings. The first-order valence-electron chi connectivity index (χ1n) is 4.57. The van der Waals surface area contributed by atoms with Crippen molar-refractivity contribution >= 4 is 23.2 Å². The molecule has 0 aliphatic heterocycles. The van der Waals surface area contributed by atoms with E-state index in [2.05, 4.69) is 10.5 Å². The summed E-state index contributed by atoms with van der Waals surface area (Å²) in [4.78, 5) is 10.8. The fourth-order valence-electron chi connectivity index (χ4n) is 1.10. The number of carboxylic acids is 1. The number of carboxylic acid groups (broad SMARTS) is 1. The van der Waals surface area contributed by atoms with Crippen LogP contribution in [-0.2, 0) is 0 Å². The highest BCUT2D eigenvalue weighted by Crippen LogP contribution is 2.18. The van der Waals surface area contributed by atoms with E-state index in [0.717, 1.165) is 6.07 Å². The zero-order chi connectivity index (χ0) is 13.7. The van der Waals surface area contributed by atoms with Gasteiger partial charge >= 0.3 is 5.97 Å².